The molecule has 6 nitrogen and oxygen atoms in total. The summed E-state index contributed by atoms with van der Waals surface area (Å²) in [6.07, 6.45) is 4.25. The van der Waals surface area contributed by atoms with Gasteiger partial charge in [-0.3, -0.25) is 9.20 Å². The van der Waals surface area contributed by atoms with Crippen LogP contribution in [0.1, 0.15) is 28.9 Å². The average molecular weight is 390 g/mol. The van der Waals surface area contributed by atoms with Crippen LogP contribution < -0.4 is 5.32 Å². The molecule has 8 heteroatoms. The van der Waals surface area contributed by atoms with Crippen LogP contribution >= 0.6 is 11.6 Å². The van der Waals surface area contributed by atoms with Crippen LogP contribution in [0.3, 0.4) is 0 Å². The summed E-state index contributed by atoms with van der Waals surface area (Å²) < 4.78 is 25.4. The first-order valence-electron chi connectivity index (χ1n) is 8.06. The van der Waals surface area contributed by atoms with E-state index in [1.54, 1.807) is 30.5 Å². The molecule has 0 saturated heterocycles. The maximum Gasteiger partial charge on any atom is 0.272 e. The van der Waals surface area contributed by atoms with Gasteiger partial charge in [0.2, 0.25) is 15.0 Å². The molecule has 2 heterocycles. The molecular weight excluding hydrogens is 374 g/mol. The summed E-state index contributed by atoms with van der Waals surface area (Å²) in [6, 6.07) is 12.5. The molecule has 4 rings (SSSR count). The van der Waals surface area contributed by atoms with E-state index in [4.69, 9.17) is 11.6 Å². The van der Waals surface area contributed by atoms with Crippen molar-refractivity contribution >= 4 is 32.9 Å². The summed E-state index contributed by atoms with van der Waals surface area (Å²) in [5, 5.41) is 3.47. The number of halogens is 1. The number of pyridine rings is 1. The Labute approximate surface area is 155 Å². The first-order chi connectivity index (χ1) is 12.3. The number of rotatable bonds is 4. The Bertz CT molecular complexity index is 1130. The van der Waals surface area contributed by atoms with Gasteiger partial charge in [0.25, 0.3) is 5.91 Å². The lowest BCUT2D eigenvalue weighted by atomic mass is 10.0. The molecule has 1 fully saturated rings. The first kappa shape index (κ1) is 17.1. The fourth-order valence-corrected chi connectivity index (χ4v) is 4.08. The number of carbonyl (C=O) groups excluding carboxylic acids is 1. The molecular formula is C18H16ClN3O3S. The number of hydrogen-bond acceptors (Lipinski definition) is 4. The summed E-state index contributed by atoms with van der Waals surface area (Å²) >= 11 is 6.07. The van der Waals surface area contributed by atoms with Crippen LogP contribution in [0.25, 0.3) is 5.52 Å². The van der Waals surface area contributed by atoms with Crippen LogP contribution in [0.5, 0.6) is 0 Å². The van der Waals surface area contributed by atoms with Crippen LogP contribution in [0, 0.1) is 0 Å². The quantitative estimate of drug-likeness (QED) is 0.744. The molecule has 1 aromatic carbocycles. The van der Waals surface area contributed by atoms with E-state index in [1.165, 1.54) is 4.40 Å². The number of nitrogens with zero attached hydrogens (tertiary/aromatic N) is 2. The van der Waals surface area contributed by atoms with E-state index in [0.717, 1.165) is 24.7 Å². The number of nitrogens with one attached hydrogen (secondary N) is 1. The van der Waals surface area contributed by atoms with Gasteiger partial charge in [-0.15, -0.1) is 0 Å². The minimum Gasteiger partial charge on any atom is -0.341 e. The van der Waals surface area contributed by atoms with Crippen molar-refractivity contribution in [2.24, 2.45) is 0 Å². The van der Waals surface area contributed by atoms with Gasteiger partial charge in [0, 0.05) is 17.5 Å². The summed E-state index contributed by atoms with van der Waals surface area (Å²) in [6.45, 7) is 0. The Kier molecular flexibility index (Phi) is 3.82. The van der Waals surface area contributed by atoms with E-state index in [1.807, 2.05) is 18.2 Å². The topological polar surface area (TPSA) is 80.5 Å². The Morgan fingerprint density at radius 1 is 1.23 bits per heavy atom. The molecule has 3 aromatic rings. The number of sulfone groups is 1. The van der Waals surface area contributed by atoms with Crippen LogP contribution in [0.2, 0.25) is 5.02 Å². The molecule has 0 atom stereocenters. The van der Waals surface area contributed by atoms with Crippen LogP contribution in [0.4, 0.5) is 0 Å². The van der Waals surface area contributed by atoms with Crippen LogP contribution in [-0.4, -0.2) is 30.0 Å². The van der Waals surface area contributed by atoms with Crippen molar-refractivity contribution < 1.29 is 13.2 Å². The van der Waals surface area contributed by atoms with Gasteiger partial charge in [-0.2, -0.15) is 0 Å². The second-order valence-corrected chi connectivity index (χ2v) is 8.86. The van der Waals surface area contributed by atoms with Gasteiger partial charge in [-0.25, -0.2) is 13.4 Å². The SMILES string of the molecule is CS(=O)(=O)c1nc(C(=O)NC2(c3cccc(Cl)c3)CC2)c2ccccn12. The molecule has 0 unspecified atom stereocenters. The van der Waals surface area contributed by atoms with Gasteiger partial charge < -0.3 is 5.32 Å². The lowest BCUT2D eigenvalue weighted by Gasteiger charge is -2.17. The minimum atomic E-state index is -3.57. The molecule has 26 heavy (non-hydrogen) atoms. The maximum atomic E-state index is 12.9. The van der Waals surface area contributed by atoms with Crippen molar-refractivity contribution in [1.82, 2.24) is 14.7 Å². The van der Waals surface area contributed by atoms with Gasteiger partial charge in [0.1, 0.15) is 0 Å². The summed E-state index contributed by atoms with van der Waals surface area (Å²) in [7, 11) is -3.57. The number of fused-ring (bicyclic) bond motifs is 1. The number of imidazole rings is 1. The van der Waals surface area contributed by atoms with E-state index < -0.39 is 21.3 Å². The van der Waals surface area contributed by atoms with Gasteiger partial charge in [-0.05, 0) is 42.7 Å². The van der Waals surface area contributed by atoms with Gasteiger partial charge in [-0.1, -0.05) is 29.8 Å². The van der Waals surface area contributed by atoms with Crippen molar-refractivity contribution in [2.45, 2.75) is 23.5 Å². The van der Waals surface area contributed by atoms with Crippen LogP contribution in [-0.2, 0) is 15.4 Å². The lowest BCUT2D eigenvalue weighted by Crippen LogP contribution is -2.35. The highest BCUT2D eigenvalue weighted by Crippen LogP contribution is 2.46. The first-order valence-corrected chi connectivity index (χ1v) is 10.3. The number of aromatic nitrogens is 2. The zero-order chi connectivity index (χ0) is 18.5. The third-order valence-corrected chi connectivity index (χ3v) is 5.73. The Morgan fingerprint density at radius 3 is 2.65 bits per heavy atom. The van der Waals surface area contributed by atoms with E-state index >= 15 is 0 Å². The largest absolute Gasteiger partial charge is 0.341 e. The molecule has 0 aliphatic heterocycles. The molecule has 1 aliphatic rings. The zero-order valence-electron chi connectivity index (χ0n) is 13.9. The van der Waals surface area contributed by atoms with Crippen molar-refractivity contribution in [3.8, 4) is 0 Å². The molecule has 1 aliphatic carbocycles. The molecule has 134 valence electrons. The third-order valence-electron chi connectivity index (χ3n) is 4.54. The maximum absolute atomic E-state index is 12.9. The highest BCUT2D eigenvalue weighted by atomic mass is 35.5. The molecule has 1 saturated carbocycles. The molecule has 0 spiro atoms. The van der Waals surface area contributed by atoms with Gasteiger partial charge in [0.05, 0.1) is 11.1 Å². The molecule has 1 N–H and O–H groups in total. The van der Waals surface area contributed by atoms with Crippen molar-refractivity contribution in [2.75, 3.05) is 6.26 Å². The van der Waals surface area contributed by atoms with Gasteiger partial charge in [0.15, 0.2) is 5.69 Å². The number of benzene rings is 1. The van der Waals surface area contributed by atoms with Crippen molar-refractivity contribution in [1.29, 1.82) is 0 Å². The number of hydrogen-bond donors (Lipinski definition) is 1. The third kappa shape index (κ3) is 2.87. The lowest BCUT2D eigenvalue weighted by molar-refractivity contribution is 0.0927. The average Bonchev–Trinajstić information content (AvgIpc) is 3.25. The molecule has 0 bridgehead atoms. The highest BCUT2D eigenvalue weighted by Gasteiger charge is 2.46. The summed E-state index contributed by atoms with van der Waals surface area (Å²) in [5.41, 5.74) is 1.01. The van der Waals surface area contributed by atoms with E-state index in [-0.39, 0.29) is 10.9 Å². The zero-order valence-corrected chi connectivity index (χ0v) is 15.5. The molecule has 0 radical (unpaired) electrons. The smallest absolute Gasteiger partial charge is 0.272 e. The predicted molar refractivity (Wildman–Crippen MR) is 98.1 cm³/mol. The Balaban J connectivity index is 1.74. The predicted octanol–water partition coefficient (Wildman–Crippen LogP) is 2.81. The van der Waals surface area contributed by atoms with E-state index in [9.17, 15) is 13.2 Å². The van der Waals surface area contributed by atoms with E-state index in [2.05, 4.69) is 10.3 Å². The van der Waals surface area contributed by atoms with Gasteiger partial charge >= 0.3 is 0 Å². The second kappa shape index (κ2) is 5.82. The Morgan fingerprint density at radius 2 is 2.00 bits per heavy atom. The number of amides is 1. The normalized spacial score (nSPS) is 15.8. The summed E-state index contributed by atoms with van der Waals surface area (Å²) in [4.78, 5) is 17.0. The fraction of sp³-hybridized carbons (Fsp3) is 0.222. The summed E-state index contributed by atoms with van der Waals surface area (Å²) in [5.74, 6) is -0.402. The van der Waals surface area contributed by atoms with Crippen molar-refractivity contribution in [3.05, 3.63) is 64.9 Å². The second-order valence-electron chi connectivity index (χ2n) is 6.52. The fourth-order valence-electron chi connectivity index (χ4n) is 3.11. The standard InChI is InChI=1S/C18H16ClN3O3S/c1-26(24,25)17-20-15(14-7-2-3-10-22(14)17)16(23)21-18(8-9-18)12-5-4-6-13(19)11-12/h2-7,10-11H,8-9H2,1H3,(H,21,23). The number of carbonyl (C=O) groups is 1. The molecule has 2 aromatic heterocycles. The minimum absolute atomic E-state index is 0.0966. The molecule has 1 amide bonds. The highest BCUT2D eigenvalue weighted by molar-refractivity contribution is 7.90. The monoisotopic (exact) mass is 389 g/mol. The Hall–Kier alpha value is -2.38. The van der Waals surface area contributed by atoms with E-state index in [0.29, 0.717) is 10.5 Å². The van der Waals surface area contributed by atoms with Crippen LogP contribution in [0.15, 0.2) is 53.8 Å². The van der Waals surface area contributed by atoms with Crippen molar-refractivity contribution in [3.63, 3.8) is 0 Å².